The minimum atomic E-state index is -0.322. The maximum Gasteiger partial charge on any atom is 0.311 e. The van der Waals surface area contributed by atoms with Gasteiger partial charge in [-0.2, -0.15) is 0 Å². The van der Waals surface area contributed by atoms with Crippen molar-refractivity contribution in [3.63, 3.8) is 0 Å². The van der Waals surface area contributed by atoms with Crippen LogP contribution in [0.15, 0.2) is 0 Å². The van der Waals surface area contributed by atoms with E-state index in [1.807, 2.05) is 6.92 Å². The fourth-order valence-electron chi connectivity index (χ4n) is 1.79. The lowest BCUT2D eigenvalue weighted by atomic mass is 9.81. The number of hydrogen-bond acceptors (Lipinski definition) is 5. The molecule has 0 amide bonds. The molecule has 0 aromatic rings. The van der Waals surface area contributed by atoms with Gasteiger partial charge in [-0.15, -0.1) is 0 Å². The molecule has 0 radical (unpaired) electrons. The van der Waals surface area contributed by atoms with Gasteiger partial charge in [-0.25, -0.2) is 0 Å². The third kappa shape index (κ3) is 5.02. The number of carbonyl (C=O) groups is 1. The molecule has 5 nitrogen and oxygen atoms in total. The van der Waals surface area contributed by atoms with Crippen LogP contribution in [0.3, 0.4) is 0 Å². The molecular weight excluding hydrogens is 222 g/mol. The summed E-state index contributed by atoms with van der Waals surface area (Å²) in [6, 6.07) is 0. The largest absolute Gasteiger partial charge is 0.463 e. The number of rotatable bonds is 7. The normalized spacial score (nSPS) is 18.9. The number of hydrogen-bond donors (Lipinski definition) is 1. The first-order valence-corrected chi connectivity index (χ1v) is 6.14. The minimum absolute atomic E-state index is 0.102. The monoisotopic (exact) mass is 245 g/mol. The predicted octanol–water partition coefficient (Wildman–Crippen LogP) is 0.582. The molecule has 0 spiro atoms. The maximum atomic E-state index is 11.9. The van der Waals surface area contributed by atoms with Gasteiger partial charge in [0.15, 0.2) is 0 Å². The van der Waals surface area contributed by atoms with Crippen LogP contribution in [0.4, 0.5) is 0 Å². The van der Waals surface area contributed by atoms with Crippen LogP contribution in [0.2, 0.25) is 0 Å². The molecule has 0 aromatic carbocycles. The smallest absolute Gasteiger partial charge is 0.311 e. The summed E-state index contributed by atoms with van der Waals surface area (Å²) in [5, 5.41) is 3.24. The van der Waals surface area contributed by atoms with Gasteiger partial charge in [-0.05, 0) is 32.9 Å². The van der Waals surface area contributed by atoms with Gasteiger partial charge >= 0.3 is 5.97 Å². The average molecular weight is 245 g/mol. The summed E-state index contributed by atoms with van der Waals surface area (Å²) >= 11 is 0. The van der Waals surface area contributed by atoms with E-state index in [0.717, 1.165) is 25.9 Å². The summed E-state index contributed by atoms with van der Waals surface area (Å²) in [7, 11) is 1.63. The van der Waals surface area contributed by atoms with Gasteiger partial charge in [0.2, 0.25) is 0 Å². The fourth-order valence-corrected chi connectivity index (χ4v) is 1.79. The second-order valence-electron chi connectivity index (χ2n) is 4.55. The Morgan fingerprint density at radius 2 is 1.82 bits per heavy atom. The highest BCUT2D eigenvalue weighted by atomic mass is 16.6. The molecule has 5 heteroatoms. The van der Waals surface area contributed by atoms with E-state index in [1.165, 1.54) is 0 Å². The Morgan fingerprint density at radius 1 is 1.18 bits per heavy atom. The average Bonchev–Trinajstić information content (AvgIpc) is 2.34. The second-order valence-corrected chi connectivity index (χ2v) is 4.55. The fraction of sp³-hybridized carbons (Fsp3) is 0.917. The van der Waals surface area contributed by atoms with Gasteiger partial charge in [-0.1, -0.05) is 0 Å². The zero-order valence-electron chi connectivity index (χ0n) is 10.8. The summed E-state index contributed by atoms with van der Waals surface area (Å²) in [5.41, 5.74) is -0.322. The van der Waals surface area contributed by atoms with Crippen molar-refractivity contribution >= 4 is 5.97 Å². The summed E-state index contributed by atoms with van der Waals surface area (Å²) < 4.78 is 15.3. The van der Waals surface area contributed by atoms with E-state index in [1.54, 1.807) is 7.11 Å². The molecule has 100 valence electrons. The molecular formula is C12H23NO4. The van der Waals surface area contributed by atoms with Gasteiger partial charge in [-0.3, -0.25) is 4.79 Å². The zero-order valence-corrected chi connectivity index (χ0v) is 10.8. The predicted molar refractivity (Wildman–Crippen MR) is 63.9 cm³/mol. The first-order valence-electron chi connectivity index (χ1n) is 6.14. The van der Waals surface area contributed by atoms with Crippen molar-refractivity contribution < 1.29 is 19.0 Å². The Morgan fingerprint density at radius 3 is 2.47 bits per heavy atom. The number of ether oxygens (including phenoxy) is 3. The number of esters is 1. The van der Waals surface area contributed by atoms with E-state index in [2.05, 4.69) is 5.32 Å². The zero-order chi connectivity index (χ0) is 12.6. The number of nitrogens with one attached hydrogen (secondary N) is 1. The van der Waals surface area contributed by atoms with Crippen LogP contribution in [0.5, 0.6) is 0 Å². The van der Waals surface area contributed by atoms with Crippen molar-refractivity contribution in [2.24, 2.45) is 5.41 Å². The molecule has 0 unspecified atom stereocenters. The van der Waals surface area contributed by atoms with Crippen LogP contribution < -0.4 is 5.32 Å². The Balaban J connectivity index is 2.11. The lowest BCUT2D eigenvalue weighted by molar-refractivity contribution is -0.158. The Hall–Kier alpha value is -0.650. The van der Waals surface area contributed by atoms with Crippen LogP contribution >= 0.6 is 0 Å². The topological polar surface area (TPSA) is 56.8 Å². The summed E-state index contributed by atoms with van der Waals surface area (Å²) in [6.07, 6.45) is 1.69. The van der Waals surface area contributed by atoms with Crippen LogP contribution in [0.1, 0.15) is 19.8 Å². The van der Waals surface area contributed by atoms with Gasteiger partial charge in [0.05, 0.1) is 25.2 Å². The molecule has 1 fully saturated rings. The molecule has 1 saturated heterocycles. The van der Waals surface area contributed by atoms with Crippen LogP contribution in [0, 0.1) is 5.41 Å². The summed E-state index contributed by atoms with van der Waals surface area (Å²) in [5.74, 6) is -0.102. The van der Waals surface area contributed by atoms with Gasteiger partial charge in [0.25, 0.3) is 0 Å². The van der Waals surface area contributed by atoms with E-state index in [-0.39, 0.29) is 11.4 Å². The molecule has 1 rings (SSSR count). The minimum Gasteiger partial charge on any atom is -0.463 e. The molecule has 0 aliphatic carbocycles. The first kappa shape index (κ1) is 14.4. The Bertz CT molecular complexity index is 227. The lowest BCUT2D eigenvalue weighted by Gasteiger charge is -2.31. The van der Waals surface area contributed by atoms with Crippen LogP contribution in [0.25, 0.3) is 0 Å². The van der Waals surface area contributed by atoms with E-state index in [9.17, 15) is 4.79 Å². The standard InChI is InChI=1S/C12H23NO4/c1-12(3-5-13-6-4-12)11(14)17-10-9-16-8-7-15-2/h13H,3-10H2,1-2H3. The molecule has 0 saturated carbocycles. The van der Waals surface area contributed by atoms with E-state index in [0.29, 0.717) is 26.4 Å². The van der Waals surface area contributed by atoms with Gasteiger partial charge in [0, 0.05) is 7.11 Å². The molecule has 1 N–H and O–H groups in total. The highest BCUT2D eigenvalue weighted by Crippen LogP contribution is 2.29. The molecule has 17 heavy (non-hydrogen) atoms. The lowest BCUT2D eigenvalue weighted by Crippen LogP contribution is -2.41. The maximum absolute atomic E-state index is 11.9. The highest BCUT2D eigenvalue weighted by Gasteiger charge is 2.35. The number of methoxy groups -OCH3 is 1. The van der Waals surface area contributed by atoms with E-state index in [4.69, 9.17) is 14.2 Å². The van der Waals surface area contributed by atoms with Crippen LogP contribution in [-0.2, 0) is 19.0 Å². The molecule has 0 atom stereocenters. The van der Waals surface area contributed by atoms with Crippen molar-refractivity contribution in [3.8, 4) is 0 Å². The van der Waals surface area contributed by atoms with Crippen molar-refractivity contribution in [2.45, 2.75) is 19.8 Å². The van der Waals surface area contributed by atoms with Crippen molar-refractivity contribution in [1.29, 1.82) is 0 Å². The van der Waals surface area contributed by atoms with Gasteiger partial charge in [0.1, 0.15) is 6.61 Å². The molecule has 0 aromatic heterocycles. The van der Waals surface area contributed by atoms with Crippen LogP contribution in [-0.4, -0.2) is 52.6 Å². The van der Waals surface area contributed by atoms with E-state index < -0.39 is 0 Å². The third-order valence-electron chi connectivity index (χ3n) is 3.09. The number of carbonyl (C=O) groups excluding carboxylic acids is 1. The quantitative estimate of drug-likeness (QED) is 0.525. The number of piperidine rings is 1. The van der Waals surface area contributed by atoms with E-state index >= 15 is 0 Å². The Kier molecular flexibility index (Phi) is 6.47. The van der Waals surface area contributed by atoms with Crippen molar-refractivity contribution in [2.75, 3.05) is 46.6 Å². The molecule has 0 bridgehead atoms. The molecule has 1 heterocycles. The highest BCUT2D eigenvalue weighted by molar-refractivity contribution is 5.76. The summed E-state index contributed by atoms with van der Waals surface area (Å²) in [4.78, 5) is 11.9. The first-order chi connectivity index (χ1) is 8.19. The van der Waals surface area contributed by atoms with Crippen molar-refractivity contribution in [1.82, 2.24) is 5.32 Å². The van der Waals surface area contributed by atoms with Crippen molar-refractivity contribution in [3.05, 3.63) is 0 Å². The summed E-state index contributed by atoms with van der Waals surface area (Å²) in [6.45, 7) is 5.61. The van der Waals surface area contributed by atoms with Gasteiger partial charge < -0.3 is 19.5 Å². The second kappa shape index (κ2) is 7.63. The Labute approximate surface area is 103 Å². The third-order valence-corrected chi connectivity index (χ3v) is 3.09. The molecule has 1 aliphatic rings. The molecule has 1 aliphatic heterocycles. The SMILES string of the molecule is COCCOCCOC(=O)C1(C)CCNCC1.